The van der Waals surface area contributed by atoms with Gasteiger partial charge >= 0.3 is 5.97 Å². The lowest BCUT2D eigenvalue weighted by Gasteiger charge is -2.15. The minimum Gasteiger partial charge on any atom is -0.506 e. The van der Waals surface area contributed by atoms with Gasteiger partial charge in [-0.25, -0.2) is 13.2 Å². The van der Waals surface area contributed by atoms with Gasteiger partial charge in [-0.05, 0) is 55.5 Å². The number of hydrogen-bond acceptors (Lipinski definition) is 6. The Balaban J connectivity index is 2.28. The number of carbonyl (C=O) groups excluding carboxylic acids is 1. The molecule has 0 aliphatic heterocycles. The first-order valence-electron chi connectivity index (χ1n) is 10.6. The molecule has 0 aliphatic rings. The minimum absolute atomic E-state index is 0.0133. The number of halogens is 1. The Bertz CT molecular complexity index is 1280. The summed E-state index contributed by atoms with van der Waals surface area (Å²) in [4.78, 5) is 15.0. The Morgan fingerprint density at radius 1 is 1.24 bits per heavy atom. The number of phenols is 1. The number of fused-ring (bicyclic) bond motifs is 1. The number of benzene rings is 2. The van der Waals surface area contributed by atoms with E-state index in [1.54, 1.807) is 55.8 Å². The molecule has 1 atom stereocenters. The van der Waals surface area contributed by atoms with Crippen LogP contribution in [0.25, 0.3) is 10.9 Å². The molecule has 178 valence electrons. The van der Waals surface area contributed by atoms with Crippen LogP contribution in [-0.2, 0) is 33.9 Å². The van der Waals surface area contributed by atoms with Gasteiger partial charge in [0.05, 0.1) is 33.2 Å². The molecule has 1 N–H and O–H groups in total. The van der Waals surface area contributed by atoms with Crippen LogP contribution in [0.2, 0.25) is 0 Å². The average molecular weight is 537 g/mol. The van der Waals surface area contributed by atoms with E-state index in [0.717, 1.165) is 0 Å². The fraction of sp³-hybridized carbons (Fsp3) is 0.375. The van der Waals surface area contributed by atoms with Crippen molar-refractivity contribution in [3.05, 3.63) is 63.3 Å². The highest BCUT2D eigenvalue weighted by atomic mass is 79.9. The maximum absolute atomic E-state index is 13.4. The van der Waals surface area contributed by atoms with E-state index in [1.807, 2.05) is 25.1 Å². The highest BCUT2D eigenvalue weighted by molar-refractivity contribution is 9.10. The fourth-order valence-corrected chi connectivity index (χ4v) is 5.98. The molecule has 2 aromatic carbocycles. The molecule has 0 saturated heterocycles. The van der Waals surface area contributed by atoms with Crippen LogP contribution in [0.15, 0.2) is 40.9 Å². The van der Waals surface area contributed by atoms with E-state index in [4.69, 9.17) is 4.74 Å². The quantitative estimate of drug-likeness (QED) is 0.424. The van der Waals surface area contributed by atoms with E-state index in [1.165, 1.54) is 0 Å². The predicted octanol–water partition coefficient (Wildman–Crippen LogP) is 4.56. The summed E-state index contributed by atoms with van der Waals surface area (Å²) in [5.41, 5.74) is 2.36. The molecule has 1 unspecified atom stereocenters. The number of phenolic OH excluding ortho intramolecular Hbond substituents is 1. The summed E-state index contributed by atoms with van der Waals surface area (Å²) >= 11 is 3.39. The van der Waals surface area contributed by atoms with E-state index in [-0.39, 0.29) is 23.7 Å². The highest BCUT2D eigenvalue weighted by Gasteiger charge is 2.32. The lowest BCUT2D eigenvalue weighted by Crippen LogP contribution is -2.18. The Morgan fingerprint density at radius 2 is 1.88 bits per heavy atom. The van der Waals surface area contributed by atoms with E-state index < -0.39 is 21.1 Å². The standard InChI is InChI=1S/C24H29BrN2O5S/c1-6-32-24(29)22-20(14-33(30,31)15(2)16-10-8-7-9-11-16)27(5)19-12-18(25)23(28)17(21(19)22)13-26(3)4/h7-12,15,28H,6,13-14H2,1-5H3. The molecule has 3 aromatic rings. The van der Waals surface area contributed by atoms with Crippen molar-refractivity contribution in [3.8, 4) is 5.75 Å². The van der Waals surface area contributed by atoms with Crippen LogP contribution in [-0.4, -0.2) is 49.7 Å². The van der Waals surface area contributed by atoms with Crippen molar-refractivity contribution >= 4 is 42.6 Å². The number of nitrogens with zero attached hydrogens (tertiary/aromatic N) is 2. The molecule has 0 fully saturated rings. The van der Waals surface area contributed by atoms with E-state index in [9.17, 15) is 18.3 Å². The van der Waals surface area contributed by atoms with Gasteiger partial charge in [-0.15, -0.1) is 0 Å². The molecular formula is C24H29BrN2O5S. The lowest BCUT2D eigenvalue weighted by atomic mass is 10.0. The number of sulfone groups is 1. The molecule has 7 nitrogen and oxygen atoms in total. The first-order valence-corrected chi connectivity index (χ1v) is 13.1. The molecule has 0 aliphatic carbocycles. The molecule has 0 amide bonds. The van der Waals surface area contributed by atoms with Crippen molar-refractivity contribution in [1.29, 1.82) is 0 Å². The van der Waals surface area contributed by atoms with Gasteiger partial charge in [0, 0.05) is 30.2 Å². The van der Waals surface area contributed by atoms with Gasteiger partial charge in [-0.1, -0.05) is 30.3 Å². The molecule has 9 heteroatoms. The van der Waals surface area contributed by atoms with E-state index in [0.29, 0.717) is 38.7 Å². The topological polar surface area (TPSA) is 88.8 Å². The monoisotopic (exact) mass is 536 g/mol. The first kappa shape index (κ1) is 25.3. The van der Waals surface area contributed by atoms with Gasteiger partial charge in [0.2, 0.25) is 0 Å². The summed E-state index contributed by atoms with van der Waals surface area (Å²) in [6, 6.07) is 10.7. The van der Waals surface area contributed by atoms with Crippen LogP contribution in [0.3, 0.4) is 0 Å². The second-order valence-electron chi connectivity index (χ2n) is 8.28. The number of rotatable bonds is 8. The molecule has 33 heavy (non-hydrogen) atoms. The highest BCUT2D eigenvalue weighted by Crippen LogP contribution is 2.40. The Morgan fingerprint density at radius 3 is 2.45 bits per heavy atom. The SMILES string of the molecule is CCOC(=O)c1c(CS(=O)(=O)C(C)c2ccccc2)n(C)c2cc(Br)c(O)c(CN(C)C)c12. The number of aromatic nitrogens is 1. The second kappa shape index (κ2) is 9.87. The maximum atomic E-state index is 13.4. The molecule has 0 spiro atoms. The van der Waals surface area contributed by atoms with Crippen molar-refractivity contribution < 1.29 is 23.1 Å². The number of aromatic hydroxyl groups is 1. The van der Waals surface area contributed by atoms with Crippen LogP contribution in [0.4, 0.5) is 0 Å². The molecule has 3 rings (SSSR count). The number of esters is 1. The Hall–Kier alpha value is -2.36. The van der Waals surface area contributed by atoms with Gasteiger partial charge < -0.3 is 19.3 Å². The van der Waals surface area contributed by atoms with Crippen molar-refractivity contribution in [2.45, 2.75) is 31.4 Å². The van der Waals surface area contributed by atoms with Crippen LogP contribution >= 0.6 is 15.9 Å². The first-order chi connectivity index (χ1) is 15.5. The summed E-state index contributed by atoms with van der Waals surface area (Å²) in [6.45, 7) is 3.85. The van der Waals surface area contributed by atoms with Gasteiger partial charge in [-0.3, -0.25) is 0 Å². The van der Waals surface area contributed by atoms with Crippen LogP contribution < -0.4 is 0 Å². The summed E-state index contributed by atoms with van der Waals surface area (Å²) < 4.78 is 34.4. The normalized spacial score (nSPS) is 12.9. The molecule has 0 bridgehead atoms. The van der Waals surface area contributed by atoms with Crippen molar-refractivity contribution in [3.63, 3.8) is 0 Å². The maximum Gasteiger partial charge on any atom is 0.340 e. The second-order valence-corrected chi connectivity index (χ2v) is 11.5. The van der Waals surface area contributed by atoms with Crippen molar-refractivity contribution in [1.82, 2.24) is 9.47 Å². The number of carbonyl (C=O) groups is 1. The predicted molar refractivity (Wildman–Crippen MR) is 133 cm³/mol. The molecule has 1 aromatic heterocycles. The smallest absolute Gasteiger partial charge is 0.340 e. The number of ether oxygens (including phenoxy) is 1. The van der Waals surface area contributed by atoms with Crippen molar-refractivity contribution in [2.24, 2.45) is 7.05 Å². The van der Waals surface area contributed by atoms with E-state index in [2.05, 4.69) is 15.9 Å². The minimum atomic E-state index is -3.68. The zero-order valence-electron chi connectivity index (χ0n) is 19.4. The largest absolute Gasteiger partial charge is 0.506 e. The number of hydrogen-bond donors (Lipinski definition) is 1. The van der Waals surface area contributed by atoms with Crippen LogP contribution in [0.5, 0.6) is 5.75 Å². The third kappa shape index (κ3) is 4.95. The third-order valence-electron chi connectivity index (χ3n) is 5.74. The van der Waals surface area contributed by atoms with E-state index >= 15 is 0 Å². The lowest BCUT2D eigenvalue weighted by molar-refractivity contribution is 0.0527. The van der Waals surface area contributed by atoms with Crippen molar-refractivity contribution in [2.75, 3.05) is 20.7 Å². The molecule has 1 heterocycles. The van der Waals surface area contributed by atoms with Gasteiger partial charge in [0.25, 0.3) is 0 Å². The Labute approximate surface area is 203 Å². The third-order valence-corrected chi connectivity index (χ3v) is 8.37. The summed E-state index contributed by atoms with van der Waals surface area (Å²) in [5, 5.41) is 10.5. The van der Waals surface area contributed by atoms with Gasteiger partial charge in [0.1, 0.15) is 5.75 Å². The van der Waals surface area contributed by atoms with Gasteiger partial charge in [0.15, 0.2) is 9.84 Å². The molecule has 0 saturated carbocycles. The Kier molecular flexibility index (Phi) is 7.55. The summed E-state index contributed by atoms with van der Waals surface area (Å²) in [5.74, 6) is -0.941. The molecule has 0 radical (unpaired) electrons. The number of aryl methyl sites for hydroxylation is 1. The zero-order valence-corrected chi connectivity index (χ0v) is 21.8. The fourth-order valence-electron chi connectivity index (χ4n) is 3.99. The van der Waals surface area contributed by atoms with Crippen LogP contribution in [0, 0.1) is 0 Å². The zero-order chi connectivity index (χ0) is 24.5. The van der Waals surface area contributed by atoms with Crippen LogP contribution in [0.1, 0.15) is 46.3 Å². The average Bonchev–Trinajstić information content (AvgIpc) is 3.02. The van der Waals surface area contributed by atoms with Gasteiger partial charge in [-0.2, -0.15) is 0 Å². The molecular weight excluding hydrogens is 508 g/mol. The summed E-state index contributed by atoms with van der Waals surface area (Å²) in [7, 11) is 1.76. The summed E-state index contributed by atoms with van der Waals surface area (Å²) in [6.07, 6.45) is 0.